The van der Waals surface area contributed by atoms with Crippen molar-refractivity contribution in [2.75, 3.05) is 116 Å². The largest absolute Gasteiger partial charge is 0.508 e. The number of ether oxygens (including phenoxy) is 4. The molecule has 0 bridgehead atoms. The zero-order chi connectivity index (χ0) is 61.7. The van der Waals surface area contributed by atoms with Crippen LogP contribution in [-0.2, 0) is 42.9 Å². The van der Waals surface area contributed by atoms with Crippen LogP contribution < -0.4 is 20.9 Å². The summed E-state index contributed by atoms with van der Waals surface area (Å²) in [6.07, 6.45) is 0.500. The highest BCUT2D eigenvalue weighted by Crippen LogP contribution is 2.42. The fraction of sp³-hybridized carbons (Fsp3) is 0.452. The van der Waals surface area contributed by atoms with Crippen molar-refractivity contribution in [1.29, 1.82) is 0 Å². The second-order valence-corrected chi connectivity index (χ2v) is 23.6. The Labute approximate surface area is 508 Å². The van der Waals surface area contributed by atoms with E-state index in [2.05, 4.69) is 32.5 Å². The number of phenolic OH excluding ortho intramolecular Hbond substituents is 1. The van der Waals surface area contributed by atoms with Crippen molar-refractivity contribution in [3.63, 3.8) is 0 Å². The zero-order valence-corrected chi connectivity index (χ0v) is 51.0. The number of nitrogens with one attached hydrogen (secondary N) is 3. The van der Waals surface area contributed by atoms with Gasteiger partial charge in [-0.2, -0.15) is 4.98 Å². The van der Waals surface area contributed by atoms with Crippen LogP contribution in [0.15, 0.2) is 84.9 Å². The van der Waals surface area contributed by atoms with Crippen molar-refractivity contribution in [3.8, 4) is 27.3 Å². The van der Waals surface area contributed by atoms with Crippen molar-refractivity contribution >= 4 is 85.9 Å². The van der Waals surface area contributed by atoms with Crippen LogP contribution in [0.4, 0.5) is 16.2 Å². The van der Waals surface area contributed by atoms with Crippen LogP contribution in [0.3, 0.4) is 0 Å². The van der Waals surface area contributed by atoms with E-state index >= 15 is 4.39 Å². The monoisotopic (exact) mass is 1220 g/mol. The number of phenols is 1. The van der Waals surface area contributed by atoms with E-state index < -0.39 is 47.1 Å². The molecule has 24 heteroatoms. The van der Waals surface area contributed by atoms with E-state index in [-0.39, 0.29) is 124 Å². The molecular weight excluding hydrogens is 1150 g/mol. The van der Waals surface area contributed by atoms with Crippen molar-refractivity contribution < 1.29 is 57.5 Å². The molecule has 21 nitrogen and oxygen atoms in total. The molecule has 0 saturated carbocycles. The fourth-order valence-corrected chi connectivity index (χ4v) is 11.5. The molecule has 8 rings (SSSR count). The summed E-state index contributed by atoms with van der Waals surface area (Å²) in [6.45, 7) is 16.2. The fourth-order valence-electron chi connectivity index (χ4n) is 10.4. The summed E-state index contributed by atoms with van der Waals surface area (Å²) in [4.78, 5) is 87.7. The quantitative estimate of drug-likeness (QED) is 0.0260. The van der Waals surface area contributed by atoms with Crippen LogP contribution in [0.2, 0.25) is 5.02 Å². The lowest BCUT2D eigenvalue weighted by Gasteiger charge is -2.35. The molecule has 0 radical (unpaired) electrons. The number of aromatic hydroxyl groups is 1. The highest BCUT2D eigenvalue weighted by Gasteiger charge is 2.45. The molecule has 2 aliphatic heterocycles. The molecule has 0 unspecified atom stereocenters. The standard InChI is InChI=1S/C62H76ClFN10O11S/c1-8-51(78)72-19-21-73(22-20-72)58-47-34-48(63)53(46-32-43(75)31-42-11-9-10-12-45(42)46)54(64)55(47)69-61(70-58)65-18-17-52(79)71(7)23-24-82-25-26-83-27-28-84-29-30-85-36-50(77)68-57(62(4,5)6)60(81)74-35-44(76)33-49(74)59(80)67-38(2)40-13-15-41(16-14-40)56-39(3)66-37-86-56/h8-16,31-32,34,37-38,44,49,57,75-76H,1,17-30,33,35-36H2,2-7H3,(H,67,80)(H,68,77)(H,65,69,70)/t38-,44-,49-,57+/m0/s1. The summed E-state index contributed by atoms with van der Waals surface area (Å²) in [5, 5.41) is 32.0. The minimum Gasteiger partial charge on any atom is -0.508 e. The van der Waals surface area contributed by atoms with Gasteiger partial charge < -0.3 is 64.7 Å². The number of anilines is 2. The molecule has 460 valence electrons. The Balaban J connectivity index is 0.715. The number of carbonyl (C=O) groups is 5. The number of likely N-dealkylation sites (tertiary alicyclic amines) is 1. The Kier molecular flexibility index (Phi) is 22.4. The average Bonchev–Trinajstić information content (AvgIpc) is 1.02. The minimum absolute atomic E-state index is 0.00803. The number of aliphatic hydroxyl groups is 1. The predicted molar refractivity (Wildman–Crippen MR) is 328 cm³/mol. The maximum absolute atomic E-state index is 17.0. The maximum Gasteiger partial charge on any atom is 0.246 e. The highest BCUT2D eigenvalue weighted by atomic mass is 35.5. The molecule has 4 atom stereocenters. The summed E-state index contributed by atoms with van der Waals surface area (Å²) in [5.74, 6) is -2.00. The number of halogens is 2. The lowest BCUT2D eigenvalue weighted by atomic mass is 9.85. The van der Waals surface area contributed by atoms with Crippen molar-refractivity contribution in [2.45, 2.75) is 71.7 Å². The van der Waals surface area contributed by atoms with E-state index in [9.17, 15) is 34.2 Å². The molecule has 6 aromatic rings. The first-order valence-corrected chi connectivity index (χ1v) is 29.9. The second kappa shape index (κ2) is 29.8. The van der Waals surface area contributed by atoms with Crippen molar-refractivity contribution in [1.82, 2.24) is 40.3 Å². The van der Waals surface area contributed by atoms with Gasteiger partial charge in [0.15, 0.2) is 5.82 Å². The molecular formula is C62H76ClFN10O11S. The zero-order valence-electron chi connectivity index (χ0n) is 49.4. The molecule has 0 aliphatic carbocycles. The molecule has 2 aliphatic rings. The Morgan fingerprint density at radius 1 is 0.907 bits per heavy atom. The number of likely N-dealkylation sites (N-methyl/N-ethyl adjacent to an activating group) is 1. The Morgan fingerprint density at radius 2 is 1.58 bits per heavy atom. The summed E-state index contributed by atoms with van der Waals surface area (Å²) in [5.41, 5.74) is 4.38. The molecule has 4 heterocycles. The molecule has 5 N–H and O–H groups in total. The minimum atomic E-state index is -1.01. The van der Waals surface area contributed by atoms with Crippen LogP contribution in [0, 0.1) is 18.2 Å². The van der Waals surface area contributed by atoms with Gasteiger partial charge in [-0.15, -0.1) is 11.3 Å². The molecule has 2 saturated heterocycles. The number of hydrogen-bond acceptors (Lipinski definition) is 17. The molecule has 0 spiro atoms. The van der Waals surface area contributed by atoms with Crippen molar-refractivity contribution in [2.24, 2.45) is 5.41 Å². The topological polar surface area (TPSA) is 250 Å². The molecule has 5 amide bonds. The number of rotatable bonds is 27. The number of carbonyl (C=O) groups excluding carboxylic acids is 5. The summed E-state index contributed by atoms with van der Waals surface area (Å²) < 4.78 is 39.5. The third-order valence-corrected chi connectivity index (χ3v) is 16.3. The second-order valence-electron chi connectivity index (χ2n) is 22.3. The third kappa shape index (κ3) is 16.4. The number of aliphatic hydroxyl groups excluding tert-OH is 1. The summed E-state index contributed by atoms with van der Waals surface area (Å²) in [7, 11) is 1.67. The SMILES string of the molecule is C=CC(=O)N1CCN(c2nc(NCCC(=O)N(C)CCOCCOCCOCCOCC(=O)N[C@H](C(=O)N3C[C@@H](O)C[C@H]3C(=O)N[C@@H](C)c3ccc(-c4scnc4C)cc3)C(C)(C)C)nc3c(F)c(-c4cc(O)cc5ccccc45)c(Cl)cc23)CC1. The Hall–Kier alpha value is -7.38. The number of fused-ring (bicyclic) bond motifs is 2. The smallest absolute Gasteiger partial charge is 0.246 e. The highest BCUT2D eigenvalue weighted by molar-refractivity contribution is 7.13. The van der Waals surface area contributed by atoms with Gasteiger partial charge in [-0.25, -0.2) is 14.4 Å². The first kappa shape index (κ1) is 64.6. The number of piperazine rings is 1. The predicted octanol–water partition coefficient (Wildman–Crippen LogP) is 6.91. The summed E-state index contributed by atoms with van der Waals surface area (Å²) >= 11 is 8.44. The lowest BCUT2D eigenvalue weighted by Crippen LogP contribution is -2.58. The summed E-state index contributed by atoms with van der Waals surface area (Å²) in [6, 6.07) is 17.5. The number of benzene rings is 4. The Bertz CT molecular complexity index is 3380. The van der Waals surface area contributed by atoms with Gasteiger partial charge >= 0.3 is 0 Å². The number of thiazole rings is 1. The number of hydrogen-bond donors (Lipinski definition) is 5. The van der Waals surface area contributed by atoms with Gasteiger partial charge in [0.25, 0.3) is 0 Å². The van der Waals surface area contributed by atoms with Gasteiger partial charge in [0.2, 0.25) is 35.5 Å². The first-order valence-electron chi connectivity index (χ1n) is 28.7. The van der Waals surface area contributed by atoms with Gasteiger partial charge in [-0.1, -0.05) is 87.5 Å². The average molecular weight is 1220 g/mol. The van der Waals surface area contributed by atoms with Crippen LogP contribution >= 0.6 is 22.9 Å². The van der Waals surface area contributed by atoms with Crippen LogP contribution in [-0.4, -0.2) is 193 Å². The molecule has 4 aromatic carbocycles. The number of amides is 5. The van der Waals surface area contributed by atoms with Gasteiger partial charge in [-0.05, 0) is 71.0 Å². The molecule has 2 aromatic heterocycles. The van der Waals surface area contributed by atoms with Crippen molar-refractivity contribution in [3.05, 3.63) is 107 Å². The van der Waals surface area contributed by atoms with Crippen LogP contribution in [0.25, 0.3) is 43.2 Å². The van der Waals surface area contributed by atoms with Gasteiger partial charge in [0, 0.05) is 76.7 Å². The van der Waals surface area contributed by atoms with E-state index in [1.807, 2.05) is 88.0 Å². The van der Waals surface area contributed by atoms with Gasteiger partial charge in [-0.3, -0.25) is 24.0 Å². The number of aromatic nitrogens is 3. The lowest BCUT2D eigenvalue weighted by molar-refractivity contribution is -0.144. The van der Waals surface area contributed by atoms with Gasteiger partial charge in [0.1, 0.15) is 35.8 Å². The number of aryl methyl sites for hydroxylation is 1. The first-order chi connectivity index (χ1) is 41.2. The van der Waals surface area contributed by atoms with Crippen LogP contribution in [0.1, 0.15) is 57.8 Å². The number of nitrogens with zero attached hydrogens (tertiary/aromatic N) is 7. The van der Waals surface area contributed by atoms with Gasteiger partial charge in [0.05, 0.1) is 79.5 Å². The van der Waals surface area contributed by atoms with E-state index in [4.69, 9.17) is 35.5 Å². The van der Waals surface area contributed by atoms with Crippen LogP contribution in [0.5, 0.6) is 5.75 Å². The van der Waals surface area contributed by atoms with E-state index in [0.29, 0.717) is 60.3 Å². The normalized spacial score (nSPS) is 16.1. The van der Waals surface area contributed by atoms with E-state index in [0.717, 1.165) is 21.7 Å². The molecule has 86 heavy (non-hydrogen) atoms. The molecule has 2 fully saturated rings. The van der Waals surface area contributed by atoms with E-state index in [1.165, 1.54) is 17.0 Å². The Morgan fingerprint density at radius 3 is 2.24 bits per heavy atom. The maximum atomic E-state index is 17.0. The van der Waals surface area contributed by atoms with E-state index in [1.54, 1.807) is 45.8 Å². The third-order valence-electron chi connectivity index (χ3n) is 15.1. The number of β-amino-alcohol motifs (C(OH)–C–C–N with tert-alkyl or cyclic N) is 1.